The number of nitrogens with zero attached hydrogens (tertiary/aromatic N) is 1. The minimum Gasteiger partial charge on any atom is -0.493 e. The van der Waals surface area contributed by atoms with Crippen LogP contribution in [0.5, 0.6) is 17.2 Å². The van der Waals surface area contributed by atoms with E-state index in [1.807, 2.05) is 11.6 Å². The maximum atomic E-state index is 12.0. The number of hydrogen-bond donors (Lipinski definition) is 0. The van der Waals surface area contributed by atoms with Crippen molar-refractivity contribution in [2.75, 3.05) is 21.3 Å². The molecule has 0 aliphatic carbocycles. The van der Waals surface area contributed by atoms with Crippen molar-refractivity contribution in [2.24, 2.45) is 7.05 Å². The predicted molar refractivity (Wildman–Crippen MR) is 68.8 cm³/mol. The number of rotatable bonds is 3. The number of methoxy groups -OCH3 is 3. The van der Waals surface area contributed by atoms with Crippen LogP contribution < -0.4 is 19.6 Å². The highest BCUT2D eigenvalue weighted by Gasteiger charge is 2.18. The van der Waals surface area contributed by atoms with Crippen molar-refractivity contribution in [3.8, 4) is 17.2 Å². The molecule has 1 heterocycles. The molecule has 18 heavy (non-hydrogen) atoms. The van der Waals surface area contributed by atoms with Crippen molar-refractivity contribution in [1.82, 2.24) is 4.57 Å². The van der Waals surface area contributed by atoms with E-state index in [1.165, 1.54) is 20.3 Å². The van der Waals surface area contributed by atoms with Crippen molar-refractivity contribution in [1.29, 1.82) is 0 Å². The molecule has 2 aromatic rings. The minimum absolute atomic E-state index is 0.110. The predicted octanol–water partition coefficient (Wildman–Crippen LogP) is 1.56. The summed E-state index contributed by atoms with van der Waals surface area (Å²) in [5.74, 6) is 1.35. The molecule has 0 atom stereocenters. The van der Waals surface area contributed by atoms with Crippen LogP contribution in [0.4, 0.5) is 0 Å². The number of aryl methyl sites for hydroxylation is 1. The normalized spacial score (nSPS) is 10.4. The van der Waals surface area contributed by atoms with Gasteiger partial charge in [0, 0.05) is 25.4 Å². The highest BCUT2D eigenvalue weighted by molar-refractivity contribution is 5.90. The summed E-state index contributed by atoms with van der Waals surface area (Å²) in [6.45, 7) is 0. The molecule has 5 nitrogen and oxygen atoms in total. The Labute approximate surface area is 105 Å². The van der Waals surface area contributed by atoms with Gasteiger partial charge in [0.25, 0.3) is 0 Å². The molecule has 1 aromatic carbocycles. The van der Waals surface area contributed by atoms with Crippen LogP contribution in [0.25, 0.3) is 10.9 Å². The molecule has 1 aromatic heterocycles. The summed E-state index contributed by atoms with van der Waals surface area (Å²) in [5.41, 5.74) is 0.623. The number of pyridine rings is 1. The van der Waals surface area contributed by atoms with Crippen molar-refractivity contribution in [3.05, 3.63) is 28.6 Å². The van der Waals surface area contributed by atoms with Crippen molar-refractivity contribution >= 4 is 10.9 Å². The first-order chi connectivity index (χ1) is 8.63. The van der Waals surface area contributed by atoms with Gasteiger partial charge in [-0.2, -0.15) is 0 Å². The van der Waals surface area contributed by atoms with Crippen LogP contribution in [0.1, 0.15) is 0 Å². The standard InChI is InChI=1S/C13H15NO4/c1-14-6-5-9(15)11-8(14)7-10(16-2)12(17-3)13(11)18-4/h5-7H,1-4H3. The van der Waals surface area contributed by atoms with Gasteiger partial charge >= 0.3 is 0 Å². The third-order valence-corrected chi connectivity index (χ3v) is 2.89. The molecule has 0 saturated heterocycles. The van der Waals surface area contributed by atoms with E-state index < -0.39 is 0 Å². The maximum Gasteiger partial charge on any atom is 0.204 e. The summed E-state index contributed by atoms with van der Waals surface area (Å²) >= 11 is 0. The van der Waals surface area contributed by atoms with E-state index in [-0.39, 0.29) is 5.43 Å². The Morgan fingerprint density at radius 3 is 2.28 bits per heavy atom. The summed E-state index contributed by atoms with van der Waals surface area (Å²) < 4.78 is 17.7. The molecule has 0 spiro atoms. The average molecular weight is 249 g/mol. The lowest BCUT2D eigenvalue weighted by atomic mass is 10.1. The second-order valence-corrected chi connectivity index (χ2v) is 3.83. The van der Waals surface area contributed by atoms with Crippen LogP contribution in [0.3, 0.4) is 0 Å². The Hall–Kier alpha value is -2.17. The van der Waals surface area contributed by atoms with Gasteiger partial charge in [0.15, 0.2) is 16.9 Å². The molecule has 0 bridgehead atoms. The second kappa shape index (κ2) is 4.60. The fourth-order valence-electron chi connectivity index (χ4n) is 2.00. The van der Waals surface area contributed by atoms with Crippen molar-refractivity contribution in [3.63, 3.8) is 0 Å². The molecule has 96 valence electrons. The molecule has 5 heteroatoms. The van der Waals surface area contributed by atoms with Crippen LogP contribution in [0.15, 0.2) is 23.1 Å². The Morgan fingerprint density at radius 2 is 1.72 bits per heavy atom. The van der Waals surface area contributed by atoms with E-state index in [9.17, 15) is 4.79 Å². The zero-order valence-corrected chi connectivity index (χ0v) is 10.8. The van der Waals surface area contributed by atoms with Crippen molar-refractivity contribution < 1.29 is 14.2 Å². The molecule has 0 aliphatic heterocycles. The van der Waals surface area contributed by atoms with Crippen LogP contribution in [-0.4, -0.2) is 25.9 Å². The molecule has 0 amide bonds. The molecule has 2 rings (SSSR count). The van der Waals surface area contributed by atoms with Gasteiger partial charge in [0.2, 0.25) is 5.75 Å². The number of benzene rings is 1. The molecular formula is C13H15NO4. The SMILES string of the molecule is COc1cc2c(c(OC)c1OC)c(=O)ccn2C. The van der Waals surface area contributed by atoms with Gasteiger partial charge in [-0.15, -0.1) is 0 Å². The van der Waals surface area contributed by atoms with Crippen LogP contribution >= 0.6 is 0 Å². The van der Waals surface area contributed by atoms with Gasteiger partial charge in [0.1, 0.15) is 0 Å². The third-order valence-electron chi connectivity index (χ3n) is 2.89. The smallest absolute Gasteiger partial charge is 0.204 e. The van der Waals surface area contributed by atoms with Gasteiger partial charge in [0.05, 0.1) is 32.2 Å². The molecule has 0 N–H and O–H groups in total. The van der Waals surface area contributed by atoms with Crippen LogP contribution in [0, 0.1) is 0 Å². The number of ether oxygens (including phenoxy) is 3. The summed E-state index contributed by atoms with van der Waals surface area (Å²) in [4.78, 5) is 12.0. The summed E-state index contributed by atoms with van der Waals surface area (Å²) in [7, 11) is 6.42. The Bertz CT molecular complexity index is 645. The highest BCUT2D eigenvalue weighted by Crippen LogP contribution is 2.41. The Kier molecular flexibility index (Phi) is 3.14. The summed E-state index contributed by atoms with van der Waals surface area (Å²) in [6.07, 6.45) is 1.70. The summed E-state index contributed by atoms with van der Waals surface area (Å²) in [6, 6.07) is 3.26. The first kappa shape index (κ1) is 12.3. The fraction of sp³-hybridized carbons (Fsp3) is 0.308. The fourth-order valence-corrected chi connectivity index (χ4v) is 2.00. The first-order valence-electron chi connectivity index (χ1n) is 5.42. The molecule has 0 saturated carbocycles. The Balaban J connectivity index is 3.02. The van der Waals surface area contributed by atoms with Gasteiger partial charge in [-0.25, -0.2) is 0 Å². The van der Waals surface area contributed by atoms with E-state index in [0.29, 0.717) is 22.6 Å². The van der Waals surface area contributed by atoms with Gasteiger partial charge in [-0.1, -0.05) is 0 Å². The van der Waals surface area contributed by atoms with Gasteiger partial charge < -0.3 is 18.8 Å². The summed E-state index contributed by atoms with van der Waals surface area (Å²) in [5, 5.41) is 0.486. The molecule has 0 radical (unpaired) electrons. The first-order valence-corrected chi connectivity index (χ1v) is 5.42. The number of aromatic nitrogens is 1. The van der Waals surface area contributed by atoms with E-state index in [0.717, 1.165) is 5.52 Å². The van der Waals surface area contributed by atoms with Crippen LogP contribution in [0.2, 0.25) is 0 Å². The lowest BCUT2D eigenvalue weighted by Gasteiger charge is -2.15. The van der Waals surface area contributed by atoms with E-state index in [1.54, 1.807) is 19.4 Å². The van der Waals surface area contributed by atoms with E-state index in [2.05, 4.69) is 0 Å². The molecule has 0 aliphatic rings. The quantitative estimate of drug-likeness (QED) is 0.828. The molecule has 0 unspecified atom stereocenters. The monoisotopic (exact) mass is 249 g/mol. The molecule has 0 fully saturated rings. The van der Waals surface area contributed by atoms with E-state index in [4.69, 9.17) is 14.2 Å². The zero-order chi connectivity index (χ0) is 13.3. The lowest BCUT2D eigenvalue weighted by Crippen LogP contribution is -2.08. The average Bonchev–Trinajstić information content (AvgIpc) is 2.40. The van der Waals surface area contributed by atoms with Crippen molar-refractivity contribution in [2.45, 2.75) is 0 Å². The van der Waals surface area contributed by atoms with E-state index >= 15 is 0 Å². The highest BCUT2D eigenvalue weighted by atomic mass is 16.5. The lowest BCUT2D eigenvalue weighted by molar-refractivity contribution is 0.327. The zero-order valence-electron chi connectivity index (χ0n) is 10.8. The number of fused-ring (bicyclic) bond motifs is 1. The second-order valence-electron chi connectivity index (χ2n) is 3.83. The van der Waals surface area contributed by atoms with Gasteiger partial charge in [-0.05, 0) is 0 Å². The Morgan fingerprint density at radius 1 is 1.06 bits per heavy atom. The maximum absolute atomic E-state index is 12.0. The van der Waals surface area contributed by atoms with Crippen LogP contribution in [-0.2, 0) is 7.05 Å². The number of hydrogen-bond acceptors (Lipinski definition) is 4. The topological polar surface area (TPSA) is 49.7 Å². The molecular weight excluding hydrogens is 234 g/mol. The largest absolute Gasteiger partial charge is 0.493 e. The minimum atomic E-state index is -0.110. The third kappa shape index (κ3) is 1.68. The van der Waals surface area contributed by atoms with Gasteiger partial charge in [-0.3, -0.25) is 4.79 Å².